The number of ether oxygens (including phenoxy) is 3. The summed E-state index contributed by atoms with van der Waals surface area (Å²) in [6.45, 7) is 0.234. The number of hydrogen-bond acceptors (Lipinski definition) is 8. The van der Waals surface area contributed by atoms with Crippen molar-refractivity contribution in [1.82, 2.24) is 25.2 Å². The van der Waals surface area contributed by atoms with Crippen LogP contribution in [0.4, 0.5) is 0 Å². The Hall–Kier alpha value is -2.81. The topological polar surface area (TPSA) is 84.2 Å². The molecule has 1 aromatic carbocycles. The summed E-state index contributed by atoms with van der Waals surface area (Å²) in [4.78, 5) is 4.38. The van der Waals surface area contributed by atoms with Gasteiger partial charge in [-0.15, -0.1) is 5.10 Å². The third-order valence-electron chi connectivity index (χ3n) is 3.38. The quantitative estimate of drug-likeness (QED) is 0.651. The van der Waals surface area contributed by atoms with Crippen LogP contribution in [0.1, 0.15) is 5.69 Å². The number of pyridine rings is 1. The maximum atomic E-state index is 5.40. The summed E-state index contributed by atoms with van der Waals surface area (Å²) < 4.78 is 17.5. The molecule has 0 amide bonds. The smallest absolute Gasteiger partial charge is 0.231 e. The SMILES string of the molecule is COc1cccc(CSc2nnnn2-c2ccc3c(c2)OCO3)n1. The highest BCUT2D eigenvalue weighted by Crippen LogP contribution is 2.34. The Morgan fingerprint density at radius 2 is 2.12 bits per heavy atom. The Kier molecular flexibility index (Phi) is 3.91. The minimum absolute atomic E-state index is 0.234. The van der Waals surface area contributed by atoms with Gasteiger partial charge in [0, 0.05) is 17.9 Å². The van der Waals surface area contributed by atoms with Crippen molar-refractivity contribution in [2.24, 2.45) is 0 Å². The summed E-state index contributed by atoms with van der Waals surface area (Å²) in [5.41, 5.74) is 1.70. The van der Waals surface area contributed by atoms with Crippen LogP contribution in [-0.4, -0.2) is 39.1 Å². The molecule has 0 aliphatic carbocycles. The van der Waals surface area contributed by atoms with Crippen LogP contribution in [0.5, 0.6) is 17.4 Å². The molecule has 0 radical (unpaired) electrons. The van der Waals surface area contributed by atoms with Crippen LogP contribution in [0.2, 0.25) is 0 Å². The van der Waals surface area contributed by atoms with Gasteiger partial charge in [-0.25, -0.2) is 4.98 Å². The average molecular weight is 343 g/mol. The first-order valence-electron chi connectivity index (χ1n) is 7.14. The van der Waals surface area contributed by atoms with E-state index in [2.05, 4.69) is 20.5 Å². The van der Waals surface area contributed by atoms with Crippen molar-refractivity contribution in [1.29, 1.82) is 0 Å². The van der Waals surface area contributed by atoms with Crippen molar-refractivity contribution in [3.63, 3.8) is 0 Å². The molecule has 9 heteroatoms. The molecule has 8 nitrogen and oxygen atoms in total. The van der Waals surface area contributed by atoms with Gasteiger partial charge in [-0.05, 0) is 28.6 Å². The van der Waals surface area contributed by atoms with Gasteiger partial charge in [0.25, 0.3) is 0 Å². The second-order valence-electron chi connectivity index (χ2n) is 4.87. The lowest BCUT2D eigenvalue weighted by Gasteiger charge is -2.06. The van der Waals surface area contributed by atoms with Gasteiger partial charge >= 0.3 is 0 Å². The van der Waals surface area contributed by atoms with Crippen LogP contribution < -0.4 is 14.2 Å². The fourth-order valence-corrected chi connectivity index (χ4v) is 3.03. The highest BCUT2D eigenvalue weighted by Gasteiger charge is 2.16. The van der Waals surface area contributed by atoms with Gasteiger partial charge in [0.1, 0.15) is 0 Å². The molecule has 0 unspecified atom stereocenters. The lowest BCUT2D eigenvalue weighted by atomic mass is 10.3. The molecule has 122 valence electrons. The van der Waals surface area contributed by atoms with Crippen molar-refractivity contribution in [3.8, 4) is 23.1 Å². The van der Waals surface area contributed by atoms with Gasteiger partial charge in [-0.3, -0.25) is 0 Å². The zero-order valence-corrected chi connectivity index (χ0v) is 13.6. The molecule has 0 atom stereocenters. The van der Waals surface area contributed by atoms with Crippen LogP contribution >= 0.6 is 11.8 Å². The zero-order chi connectivity index (χ0) is 16.4. The maximum absolute atomic E-state index is 5.40. The van der Waals surface area contributed by atoms with Gasteiger partial charge < -0.3 is 14.2 Å². The Morgan fingerprint density at radius 1 is 1.21 bits per heavy atom. The van der Waals surface area contributed by atoms with Gasteiger partial charge in [-0.1, -0.05) is 17.8 Å². The summed E-state index contributed by atoms with van der Waals surface area (Å²) in [5.74, 6) is 2.63. The largest absolute Gasteiger partial charge is 0.481 e. The number of fused-ring (bicyclic) bond motifs is 1. The highest BCUT2D eigenvalue weighted by atomic mass is 32.2. The minimum atomic E-state index is 0.234. The van der Waals surface area contributed by atoms with E-state index in [-0.39, 0.29) is 6.79 Å². The van der Waals surface area contributed by atoms with E-state index in [1.54, 1.807) is 11.8 Å². The predicted octanol–water partition coefficient (Wildman–Crippen LogP) is 2.09. The van der Waals surface area contributed by atoms with E-state index in [9.17, 15) is 0 Å². The normalized spacial score (nSPS) is 12.4. The van der Waals surface area contributed by atoms with E-state index >= 15 is 0 Å². The molecule has 3 heterocycles. The Morgan fingerprint density at radius 3 is 3.04 bits per heavy atom. The summed E-state index contributed by atoms with van der Waals surface area (Å²) in [6, 6.07) is 11.2. The van der Waals surface area contributed by atoms with Crippen molar-refractivity contribution in [2.45, 2.75) is 10.9 Å². The summed E-state index contributed by atoms with van der Waals surface area (Å²) in [6.07, 6.45) is 0. The van der Waals surface area contributed by atoms with Crippen LogP contribution in [0.25, 0.3) is 5.69 Å². The molecular weight excluding hydrogens is 330 g/mol. The molecule has 0 N–H and O–H groups in total. The van der Waals surface area contributed by atoms with E-state index < -0.39 is 0 Å². The molecule has 24 heavy (non-hydrogen) atoms. The van der Waals surface area contributed by atoms with Crippen LogP contribution in [0, 0.1) is 0 Å². The number of methoxy groups -OCH3 is 1. The Bertz CT molecular complexity index is 870. The fraction of sp³-hybridized carbons (Fsp3) is 0.200. The number of nitrogens with zero attached hydrogens (tertiary/aromatic N) is 5. The van der Waals surface area contributed by atoms with Gasteiger partial charge in [0.2, 0.25) is 17.8 Å². The Balaban J connectivity index is 1.54. The average Bonchev–Trinajstić information content (AvgIpc) is 3.28. The highest BCUT2D eigenvalue weighted by molar-refractivity contribution is 7.98. The van der Waals surface area contributed by atoms with Gasteiger partial charge in [0.05, 0.1) is 18.5 Å². The molecule has 2 aromatic heterocycles. The zero-order valence-electron chi connectivity index (χ0n) is 12.7. The Labute approximate surface area is 141 Å². The number of rotatable bonds is 5. The van der Waals surface area contributed by atoms with Crippen molar-refractivity contribution in [3.05, 3.63) is 42.1 Å². The monoisotopic (exact) mass is 343 g/mol. The molecule has 0 bridgehead atoms. The lowest BCUT2D eigenvalue weighted by molar-refractivity contribution is 0.174. The van der Waals surface area contributed by atoms with E-state index in [0.29, 0.717) is 22.5 Å². The molecule has 0 saturated heterocycles. The fourth-order valence-electron chi connectivity index (χ4n) is 2.24. The first-order valence-corrected chi connectivity index (χ1v) is 8.13. The van der Waals surface area contributed by atoms with Crippen molar-refractivity contribution >= 4 is 11.8 Å². The molecule has 4 rings (SSSR count). The second kappa shape index (κ2) is 6.36. The summed E-state index contributed by atoms with van der Waals surface area (Å²) >= 11 is 1.49. The minimum Gasteiger partial charge on any atom is -0.481 e. The number of aromatic nitrogens is 5. The van der Waals surface area contributed by atoms with E-state index in [4.69, 9.17) is 14.2 Å². The molecule has 1 aliphatic heterocycles. The van der Waals surface area contributed by atoms with Crippen molar-refractivity contribution < 1.29 is 14.2 Å². The second-order valence-corrected chi connectivity index (χ2v) is 5.81. The van der Waals surface area contributed by atoms with Crippen molar-refractivity contribution in [2.75, 3.05) is 13.9 Å². The van der Waals surface area contributed by atoms with Crippen LogP contribution in [-0.2, 0) is 5.75 Å². The molecule has 0 saturated carbocycles. The van der Waals surface area contributed by atoms with Gasteiger partial charge in [0.15, 0.2) is 11.5 Å². The number of hydrogen-bond donors (Lipinski definition) is 0. The van der Waals surface area contributed by atoms with Crippen LogP contribution in [0.3, 0.4) is 0 Å². The standard InChI is InChI=1S/C15H13N5O3S/c1-21-14-4-2-3-10(16-14)8-24-15-17-18-19-20(15)11-5-6-12-13(7-11)23-9-22-12/h2-7H,8-9H2,1H3. The van der Waals surface area contributed by atoms with E-state index in [1.165, 1.54) is 11.8 Å². The molecule has 0 spiro atoms. The third-order valence-corrected chi connectivity index (χ3v) is 4.33. The molecule has 1 aliphatic rings. The first-order chi connectivity index (χ1) is 11.8. The number of benzene rings is 1. The first kappa shape index (κ1) is 14.8. The predicted molar refractivity (Wildman–Crippen MR) is 85.6 cm³/mol. The van der Waals surface area contributed by atoms with E-state index in [0.717, 1.165) is 17.1 Å². The maximum Gasteiger partial charge on any atom is 0.231 e. The van der Waals surface area contributed by atoms with E-state index in [1.807, 2.05) is 36.4 Å². The number of thioether (sulfide) groups is 1. The van der Waals surface area contributed by atoms with Gasteiger partial charge in [-0.2, -0.15) is 4.68 Å². The van der Waals surface area contributed by atoms with Crippen LogP contribution in [0.15, 0.2) is 41.6 Å². The number of tetrazole rings is 1. The molecule has 3 aromatic rings. The lowest BCUT2D eigenvalue weighted by Crippen LogP contribution is -1.99. The summed E-state index contributed by atoms with van der Waals surface area (Å²) in [7, 11) is 1.60. The molecule has 0 fully saturated rings. The molecular formula is C15H13N5O3S. The summed E-state index contributed by atoms with van der Waals surface area (Å²) in [5, 5.41) is 12.6. The third kappa shape index (κ3) is 2.85.